The minimum absolute atomic E-state index is 0.0305. The molecule has 4 N–H and O–H groups in total. The van der Waals surface area contributed by atoms with Crippen LogP contribution in [0.4, 0.5) is 0 Å². The predicted molar refractivity (Wildman–Crippen MR) is 394 cm³/mol. The first-order valence-corrected chi connectivity index (χ1v) is 36.0. The number of carbonyl (C=O) groups excluding carboxylic acids is 4. The van der Waals surface area contributed by atoms with Crippen LogP contribution in [0.5, 0.6) is 0 Å². The fourth-order valence-electron chi connectivity index (χ4n) is 12.6. The van der Waals surface area contributed by atoms with Gasteiger partial charge in [0.15, 0.2) is 23.3 Å². The normalized spacial score (nSPS) is 20.7. The summed E-state index contributed by atoms with van der Waals surface area (Å²) in [7, 11) is 0. The smallest absolute Gasteiger partial charge is 0.246 e. The van der Waals surface area contributed by atoms with E-state index in [1.165, 1.54) is 19.2 Å². The number of rotatable bonds is 16. The van der Waals surface area contributed by atoms with Crippen molar-refractivity contribution in [2.45, 2.75) is 182 Å². The second-order valence-corrected chi connectivity index (χ2v) is 28.2. The summed E-state index contributed by atoms with van der Waals surface area (Å²) in [6, 6.07) is 22.1. The molecule has 8 aromatic rings. The molecule has 0 bridgehead atoms. The van der Waals surface area contributed by atoms with Gasteiger partial charge in [0, 0.05) is 94.7 Å². The van der Waals surface area contributed by atoms with Gasteiger partial charge >= 0.3 is 0 Å². The lowest BCUT2D eigenvalue weighted by Crippen LogP contribution is -2.45. The molecule has 4 aromatic carbocycles. The molecule has 32 heteroatoms. The van der Waals surface area contributed by atoms with Gasteiger partial charge in [0.05, 0.1) is 50.6 Å². The Morgan fingerprint density at radius 1 is 0.365 bits per heavy atom. The van der Waals surface area contributed by atoms with E-state index < -0.39 is 0 Å². The Morgan fingerprint density at radius 3 is 0.740 bits per heavy atom. The van der Waals surface area contributed by atoms with Crippen LogP contribution in [0.3, 0.4) is 0 Å². The number of nitrogens with zero attached hydrogens (tertiary/aromatic N) is 20. The van der Waals surface area contributed by atoms with Crippen molar-refractivity contribution in [1.82, 2.24) is 100 Å². The molecule has 0 aliphatic carbocycles. The molecule has 4 fully saturated rings. The van der Waals surface area contributed by atoms with E-state index >= 15 is 0 Å². The molecule has 28 nitrogen and oxygen atoms in total. The predicted octanol–water partition coefficient (Wildman–Crippen LogP) is 8.27. The maximum atomic E-state index is 12.5. The fraction of sp³-hybridized carbons (Fsp3) is 0.444. The van der Waals surface area contributed by atoms with E-state index in [4.69, 9.17) is 46.4 Å². The van der Waals surface area contributed by atoms with Gasteiger partial charge < -0.3 is 40.0 Å². The van der Waals surface area contributed by atoms with Gasteiger partial charge in [-0.3, -0.25) is 19.2 Å². The van der Waals surface area contributed by atoms with Gasteiger partial charge in [0.1, 0.15) is 0 Å². The third-order valence-electron chi connectivity index (χ3n) is 18.0. The van der Waals surface area contributed by atoms with E-state index in [9.17, 15) is 39.6 Å². The summed E-state index contributed by atoms with van der Waals surface area (Å²) in [5.41, 5.74) is 7.12. The molecule has 4 amide bonds. The Morgan fingerprint density at radius 2 is 0.567 bits per heavy atom. The number of aliphatic hydroxyl groups excluding tert-OH is 4. The molecule has 0 spiro atoms. The molecular weight excluding hydrogens is 1410 g/mol. The Labute approximate surface area is 623 Å². The van der Waals surface area contributed by atoms with E-state index in [1.807, 2.05) is 76.2 Å². The average Bonchev–Trinajstić information content (AvgIpc) is 1.53. The molecular formula is C72H88Cl4N20O8. The molecule has 552 valence electrons. The van der Waals surface area contributed by atoms with Crippen molar-refractivity contribution in [1.29, 1.82) is 0 Å². The molecule has 4 saturated heterocycles. The molecule has 0 unspecified atom stereocenters. The second-order valence-electron chi connectivity index (χ2n) is 26.4. The minimum atomic E-state index is -0.320. The number of amides is 4. The number of aliphatic hydroxyl groups is 4. The van der Waals surface area contributed by atoms with Gasteiger partial charge in [-0.25, -0.2) is 0 Å². The summed E-state index contributed by atoms with van der Waals surface area (Å²) in [5.74, 6) is 2.17. The number of tetrazole rings is 4. The summed E-state index contributed by atoms with van der Waals surface area (Å²) < 4.78 is 0. The Balaban J connectivity index is 0.000000161. The van der Waals surface area contributed by atoms with Gasteiger partial charge in [-0.2, -0.15) is 19.2 Å². The highest BCUT2D eigenvalue weighted by molar-refractivity contribution is 6.31. The SMILES string of the molecule is Cc1nnn(Cc2cc(Cl)ccc2/C=C/C(=O)N2CC[C@@H](O)C[C@@H]2C)n1.Cc1nnn(Cc2cc(Cl)ccc2/C=C/C(=O)N2CC[C@@H](O)C[C@H]2C)n1.Cc1nnn(Cc2cc(Cl)ccc2/C=C/C(=O)N2CC[C@H](O)C[C@@H]2C)n1.Cc1nnn(Cc2cc(Cl)ccc2/C=C/C(=O)N2CC[C@H](O)C[C@H]2C)n1. The number of benzene rings is 4. The zero-order valence-electron chi connectivity index (χ0n) is 59.4. The average molecular weight is 1500 g/mol. The first-order chi connectivity index (χ1) is 49.7. The monoisotopic (exact) mass is 1500 g/mol. The lowest BCUT2D eigenvalue weighted by atomic mass is 10.0. The number of halogens is 4. The number of hydrogen-bond donors (Lipinski definition) is 4. The summed E-state index contributed by atoms with van der Waals surface area (Å²) >= 11 is 24.5. The molecule has 4 aromatic heterocycles. The van der Waals surface area contributed by atoms with E-state index in [0.717, 1.165) is 44.5 Å². The zero-order chi connectivity index (χ0) is 74.7. The highest BCUT2D eigenvalue weighted by atomic mass is 35.5. The molecule has 4 aliphatic rings. The van der Waals surface area contributed by atoms with Crippen molar-refractivity contribution in [3.8, 4) is 0 Å². The Bertz CT molecular complexity index is 3820. The maximum absolute atomic E-state index is 12.5. The fourth-order valence-corrected chi connectivity index (χ4v) is 13.4. The third kappa shape index (κ3) is 23.5. The van der Waals surface area contributed by atoms with Crippen molar-refractivity contribution in [2.24, 2.45) is 0 Å². The first kappa shape index (κ1) is 79.1. The number of aryl methyl sites for hydroxylation is 4. The van der Waals surface area contributed by atoms with E-state index in [2.05, 4.69) is 61.6 Å². The van der Waals surface area contributed by atoms with Gasteiger partial charge in [0.2, 0.25) is 23.6 Å². The van der Waals surface area contributed by atoms with Crippen molar-refractivity contribution in [3.63, 3.8) is 0 Å². The molecule has 104 heavy (non-hydrogen) atoms. The van der Waals surface area contributed by atoms with E-state index in [1.54, 1.807) is 120 Å². The van der Waals surface area contributed by atoms with Gasteiger partial charge in [-0.1, -0.05) is 70.7 Å². The van der Waals surface area contributed by atoms with Crippen molar-refractivity contribution in [3.05, 3.63) is 185 Å². The van der Waals surface area contributed by atoms with E-state index in [-0.39, 0.29) is 72.2 Å². The highest BCUT2D eigenvalue weighted by Gasteiger charge is 2.30. The molecule has 4 aliphatic heterocycles. The summed E-state index contributed by atoms with van der Waals surface area (Å²) in [6.07, 6.45) is 17.1. The van der Waals surface area contributed by atoms with Crippen LogP contribution in [0.1, 0.15) is 147 Å². The van der Waals surface area contributed by atoms with E-state index in [0.29, 0.717) is 147 Å². The summed E-state index contributed by atoms with van der Waals surface area (Å²) in [4.78, 5) is 63.2. The van der Waals surface area contributed by atoms with Crippen LogP contribution in [0, 0.1) is 27.7 Å². The van der Waals surface area contributed by atoms with Gasteiger partial charge in [-0.05, 0) is 245 Å². The van der Waals surface area contributed by atoms with Crippen LogP contribution >= 0.6 is 46.4 Å². The zero-order valence-corrected chi connectivity index (χ0v) is 62.4. The maximum Gasteiger partial charge on any atom is 0.246 e. The number of carbonyl (C=O) groups is 4. The van der Waals surface area contributed by atoms with Crippen LogP contribution in [-0.4, -0.2) is 219 Å². The topological polar surface area (TPSA) is 337 Å². The van der Waals surface area contributed by atoms with Crippen molar-refractivity contribution < 1.29 is 39.6 Å². The summed E-state index contributed by atoms with van der Waals surface area (Å²) in [6.45, 7) is 18.9. The first-order valence-electron chi connectivity index (χ1n) is 34.5. The lowest BCUT2D eigenvalue weighted by molar-refractivity contribution is -0.131. The van der Waals surface area contributed by atoms with Crippen LogP contribution in [0.2, 0.25) is 20.1 Å². The summed E-state index contributed by atoms with van der Waals surface area (Å²) in [5, 5.41) is 89.4. The van der Waals surface area contributed by atoms with Gasteiger partial charge in [-0.15, -0.1) is 40.8 Å². The molecule has 8 heterocycles. The number of piperidine rings is 4. The van der Waals surface area contributed by atoms with Crippen LogP contribution < -0.4 is 0 Å². The molecule has 0 saturated carbocycles. The third-order valence-corrected chi connectivity index (χ3v) is 19.0. The number of likely N-dealkylation sites (tertiary alicyclic amines) is 4. The van der Waals surface area contributed by atoms with Crippen LogP contribution in [0.15, 0.2) is 97.1 Å². The second kappa shape index (κ2) is 37.6. The van der Waals surface area contributed by atoms with Gasteiger partial charge in [0.25, 0.3) is 0 Å². The molecule has 12 rings (SSSR count). The van der Waals surface area contributed by atoms with Crippen LogP contribution in [0.25, 0.3) is 24.3 Å². The highest BCUT2D eigenvalue weighted by Crippen LogP contribution is 2.27. The largest absolute Gasteiger partial charge is 0.393 e. The minimum Gasteiger partial charge on any atom is -0.393 e. The molecule has 0 radical (unpaired) electrons. The standard InChI is InChI=1S/4C18H22ClN5O2/c4*1-12-9-17(25)7-8-23(12)18(26)6-4-14-3-5-16(19)10-15(14)11-24-21-13(2)20-22-24/h4*3-6,10,12,17,25H,7-9,11H2,1-2H3/b4*6-4+/t2*12-,17+;2*12-,17-/m1010/s1. The van der Waals surface area contributed by atoms with Crippen LogP contribution in [-0.2, 0) is 45.4 Å². The Kier molecular flexibility index (Phi) is 28.6. The Hall–Kier alpha value is -9.00. The number of hydrogen-bond acceptors (Lipinski definition) is 20. The quantitative estimate of drug-likeness (QED) is 0.0661. The lowest BCUT2D eigenvalue weighted by Gasteiger charge is -2.35. The number of aromatic nitrogens is 16. The van der Waals surface area contributed by atoms with Crippen molar-refractivity contribution >= 4 is 94.3 Å². The molecule has 8 atom stereocenters. The van der Waals surface area contributed by atoms with Crippen molar-refractivity contribution in [2.75, 3.05) is 26.2 Å².